The summed E-state index contributed by atoms with van der Waals surface area (Å²) < 4.78 is 23.5. The zero-order valence-electron chi connectivity index (χ0n) is 11.4. The summed E-state index contributed by atoms with van der Waals surface area (Å²) in [6.45, 7) is 3.93. The molecule has 1 amide bonds. The summed E-state index contributed by atoms with van der Waals surface area (Å²) in [5.74, 6) is 0.742. The fraction of sp³-hybridized carbons (Fsp3) is 0.267. The fourth-order valence-electron chi connectivity index (χ4n) is 1.60. The molecule has 1 heterocycles. The first-order chi connectivity index (χ1) is 9.54. The monoisotopic (exact) mass is 277 g/mol. The molecule has 0 fully saturated rings. The van der Waals surface area contributed by atoms with E-state index < -0.39 is 0 Å². The van der Waals surface area contributed by atoms with Crippen molar-refractivity contribution < 1.29 is 18.3 Å². The summed E-state index contributed by atoms with van der Waals surface area (Å²) in [5.41, 5.74) is 0. The second-order valence-corrected chi connectivity index (χ2v) is 4.64. The Morgan fingerprint density at radius 3 is 2.60 bits per heavy atom. The molecule has 0 atom stereocenters. The van der Waals surface area contributed by atoms with Gasteiger partial charge in [-0.3, -0.25) is 4.79 Å². The molecule has 0 radical (unpaired) electrons. The van der Waals surface area contributed by atoms with Gasteiger partial charge in [0.05, 0.1) is 0 Å². The molecule has 20 heavy (non-hydrogen) atoms. The Labute approximate surface area is 116 Å². The van der Waals surface area contributed by atoms with Crippen LogP contribution in [0.4, 0.5) is 4.39 Å². The third-order valence-electron chi connectivity index (χ3n) is 2.50. The van der Waals surface area contributed by atoms with Crippen molar-refractivity contribution in [2.24, 2.45) is 0 Å². The Kier molecular flexibility index (Phi) is 4.40. The van der Waals surface area contributed by atoms with Crippen LogP contribution in [0, 0.1) is 5.82 Å². The van der Waals surface area contributed by atoms with Gasteiger partial charge in [-0.25, -0.2) is 4.39 Å². The topological polar surface area (TPSA) is 51.5 Å². The molecule has 0 saturated heterocycles. The van der Waals surface area contributed by atoms with Crippen LogP contribution in [0.3, 0.4) is 0 Å². The van der Waals surface area contributed by atoms with E-state index in [0.717, 1.165) is 0 Å². The van der Waals surface area contributed by atoms with Gasteiger partial charge in [-0.2, -0.15) is 0 Å². The van der Waals surface area contributed by atoms with Crippen molar-refractivity contribution in [1.82, 2.24) is 5.32 Å². The highest BCUT2D eigenvalue weighted by Crippen LogP contribution is 2.15. The summed E-state index contributed by atoms with van der Waals surface area (Å²) in [4.78, 5) is 11.7. The van der Waals surface area contributed by atoms with Crippen LogP contribution in [0.2, 0.25) is 0 Å². The maximum absolute atomic E-state index is 12.7. The number of furan rings is 1. The second-order valence-electron chi connectivity index (χ2n) is 4.64. The Morgan fingerprint density at radius 1 is 1.25 bits per heavy atom. The minimum atomic E-state index is -0.317. The number of rotatable bonds is 5. The van der Waals surface area contributed by atoms with E-state index in [1.807, 2.05) is 13.8 Å². The van der Waals surface area contributed by atoms with Gasteiger partial charge < -0.3 is 14.5 Å². The summed E-state index contributed by atoms with van der Waals surface area (Å²) in [5, 5.41) is 2.74. The molecule has 0 spiro atoms. The number of hydrogen-bond donors (Lipinski definition) is 1. The molecule has 1 N–H and O–H groups in total. The molecule has 0 aliphatic heterocycles. The lowest BCUT2D eigenvalue weighted by molar-refractivity contribution is 0.0911. The molecular weight excluding hydrogens is 261 g/mol. The number of ether oxygens (including phenoxy) is 1. The molecule has 0 unspecified atom stereocenters. The van der Waals surface area contributed by atoms with Crippen molar-refractivity contribution in [1.29, 1.82) is 0 Å². The first-order valence-electron chi connectivity index (χ1n) is 6.32. The third kappa shape index (κ3) is 3.85. The van der Waals surface area contributed by atoms with Crippen molar-refractivity contribution >= 4 is 5.91 Å². The molecular formula is C15H16FNO3. The van der Waals surface area contributed by atoms with Gasteiger partial charge >= 0.3 is 0 Å². The molecule has 0 aliphatic rings. The summed E-state index contributed by atoms with van der Waals surface area (Å²) in [6, 6.07) is 9.03. The molecule has 106 valence electrons. The third-order valence-corrected chi connectivity index (χ3v) is 2.50. The van der Waals surface area contributed by atoms with Crippen molar-refractivity contribution in [2.45, 2.75) is 26.5 Å². The van der Waals surface area contributed by atoms with Gasteiger partial charge in [0.2, 0.25) is 0 Å². The number of hydrogen-bond acceptors (Lipinski definition) is 3. The van der Waals surface area contributed by atoms with Gasteiger partial charge in [-0.1, -0.05) is 0 Å². The molecule has 0 bridgehead atoms. The predicted octanol–water partition coefficient (Wildman–Crippen LogP) is 3.14. The molecule has 2 aromatic rings. The van der Waals surface area contributed by atoms with Crippen molar-refractivity contribution in [3.8, 4) is 5.75 Å². The van der Waals surface area contributed by atoms with E-state index in [4.69, 9.17) is 9.15 Å². The van der Waals surface area contributed by atoms with E-state index in [2.05, 4.69) is 5.32 Å². The molecule has 5 heteroatoms. The number of benzene rings is 1. The quantitative estimate of drug-likeness (QED) is 0.913. The van der Waals surface area contributed by atoms with Gasteiger partial charge in [0.1, 0.15) is 23.9 Å². The van der Waals surface area contributed by atoms with Crippen molar-refractivity contribution in [3.05, 3.63) is 53.7 Å². The van der Waals surface area contributed by atoms with Crippen molar-refractivity contribution in [2.75, 3.05) is 0 Å². The van der Waals surface area contributed by atoms with E-state index in [9.17, 15) is 9.18 Å². The Bertz CT molecular complexity index is 575. The maximum Gasteiger partial charge on any atom is 0.287 e. The van der Waals surface area contributed by atoms with Gasteiger partial charge in [0, 0.05) is 6.04 Å². The van der Waals surface area contributed by atoms with Gasteiger partial charge in [-0.05, 0) is 50.2 Å². The standard InChI is InChI=1S/C15H16FNO3/c1-10(2)17-15(18)14-8-7-13(20-14)9-19-12-5-3-11(16)4-6-12/h3-8,10H,9H2,1-2H3,(H,17,18). The Morgan fingerprint density at radius 2 is 1.95 bits per heavy atom. The average Bonchev–Trinajstić information content (AvgIpc) is 2.86. The van der Waals surface area contributed by atoms with Gasteiger partial charge in [0.15, 0.2) is 5.76 Å². The number of halogens is 1. The summed E-state index contributed by atoms with van der Waals surface area (Å²) in [7, 11) is 0. The van der Waals surface area contributed by atoms with Crippen LogP contribution in [0.1, 0.15) is 30.2 Å². The summed E-state index contributed by atoms with van der Waals surface area (Å²) >= 11 is 0. The average molecular weight is 277 g/mol. The molecule has 0 saturated carbocycles. The van der Waals surface area contributed by atoms with E-state index >= 15 is 0 Å². The van der Waals surface area contributed by atoms with Crippen molar-refractivity contribution in [3.63, 3.8) is 0 Å². The number of amides is 1. The maximum atomic E-state index is 12.7. The van der Waals surface area contributed by atoms with Crippen LogP contribution in [0.5, 0.6) is 5.75 Å². The lowest BCUT2D eigenvalue weighted by Crippen LogP contribution is -2.29. The molecule has 1 aromatic heterocycles. The summed E-state index contributed by atoms with van der Waals surface area (Å²) in [6.07, 6.45) is 0. The number of carbonyl (C=O) groups excluding carboxylic acids is 1. The first kappa shape index (κ1) is 14.1. The van der Waals surface area contributed by atoms with Gasteiger partial charge in [0.25, 0.3) is 5.91 Å². The lowest BCUT2D eigenvalue weighted by atomic mass is 10.3. The lowest BCUT2D eigenvalue weighted by Gasteiger charge is -2.06. The number of carbonyl (C=O) groups is 1. The van der Waals surface area contributed by atoms with Crippen LogP contribution in [-0.2, 0) is 6.61 Å². The molecule has 1 aromatic carbocycles. The van der Waals surface area contributed by atoms with Crippen LogP contribution in [-0.4, -0.2) is 11.9 Å². The Hall–Kier alpha value is -2.30. The van der Waals surface area contributed by atoms with Crippen LogP contribution >= 0.6 is 0 Å². The molecule has 0 aliphatic carbocycles. The first-order valence-corrected chi connectivity index (χ1v) is 6.32. The molecule has 4 nitrogen and oxygen atoms in total. The van der Waals surface area contributed by atoms with E-state index in [-0.39, 0.29) is 30.1 Å². The Balaban J connectivity index is 1.92. The molecule has 2 rings (SSSR count). The minimum absolute atomic E-state index is 0.0477. The minimum Gasteiger partial charge on any atom is -0.486 e. The van der Waals surface area contributed by atoms with Crippen LogP contribution < -0.4 is 10.1 Å². The fourth-order valence-corrected chi connectivity index (χ4v) is 1.60. The normalized spacial score (nSPS) is 10.6. The van der Waals surface area contributed by atoms with Crippen LogP contribution in [0.15, 0.2) is 40.8 Å². The van der Waals surface area contributed by atoms with E-state index in [1.54, 1.807) is 12.1 Å². The number of nitrogens with one attached hydrogen (secondary N) is 1. The second kappa shape index (κ2) is 6.23. The van der Waals surface area contributed by atoms with E-state index in [1.165, 1.54) is 24.3 Å². The van der Waals surface area contributed by atoms with Gasteiger partial charge in [-0.15, -0.1) is 0 Å². The SMILES string of the molecule is CC(C)NC(=O)c1ccc(COc2ccc(F)cc2)o1. The highest BCUT2D eigenvalue weighted by molar-refractivity contribution is 5.91. The van der Waals surface area contributed by atoms with E-state index in [0.29, 0.717) is 11.5 Å². The largest absolute Gasteiger partial charge is 0.486 e. The zero-order chi connectivity index (χ0) is 14.5. The predicted molar refractivity (Wildman–Crippen MR) is 72.0 cm³/mol. The zero-order valence-corrected chi connectivity index (χ0v) is 11.4. The highest BCUT2D eigenvalue weighted by atomic mass is 19.1. The smallest absolute Gasteiger partial charge is 0.287 e. The van der Waals surface area contributed by atoms with Crippen LogP contribution in [0.25, 0.3) is 0 Å². The highest BCUT2D eigenvalue weighted by Gasteiger charge is 2.12.